The predicted molar refractivity (Wildman–Crippen MR) is 66.8 cm³/mol. The highest BCUT2D eigenvalue weighted by Crippen LogP contribution is 2.32. The van der Waals surface area contributed by atoms with Gasteiger partial charge in [0.25, 0.3) is 0 Å². The lowest BCUT2D eigenvalue weighted by Gasteiger charge is -2.30. The molecule has 0 bridgehead atoms. The van der Waals surface area contributed by atoms with Crippen LogP contribution >= 0.6 is 11.6 Å². The summed E-state index contributed by atoms with van der Waals surface area (Å²) in [6, 6.07) is 4.74. The number of aliphatic hydroxyl groups excluding tert-OH is 1. The summed E-state index contributed by atoms with van der Waals surface area (Å²) >= 11 is 5.78. The standard InChI is InChI=1S/C13H17ClFNO/c14-12-7-10(1-2-13(12)15)11(8-17)9-3-5-16-6-4-9/h1-2,7,9,11,16-17H,3-6,8H2. The zero-order chi connectivity index (χ0) is 12.3. The minimum absolute atomic E-state index is 0.0650. The van der Waals surface area contributed by atoms with Gasteiger partial charge in [-0.25, -0.2) is 4.39 Å². The Morgan fingerprint density at radius 2 is 2.12 bits per heavy atom. The third kappa shape index (κ3) is 2.97. The molecule has 1 saturated heterocycles. The van der Waals surface area contributed by atoms with Crippen LogP contribution in [0.1, 0.15) is 24.3 Å². The number of hydrogen-bond donors (Lipinski definition) is 2. The summed E-state index contributed by atoms with van der Waals surface area (Å²) in [5.74, 6) is 0.107. The fourth-order valence-electron chi connectivity index (χ4n) is 2.52. The second-order valence-corrected chi connectivity index (χ2v) is 4.96. The molecule has 1 aliphatic heterocycles. The zero-order valence-electron chi connectivity index (χ0n) is 9.63. The molecule has 1 aromatic carbocycles. The number of halogens is 2. The smallest absolute Gasteiger partial charge is 0.141 e. The van der Waals surface area contributed by atoms with E-state index in [2.05, 4.69) is 5.32 Å². The van der Waals surface area contributed by atoms with Crippen molar-refractivity contribution in [2.75, 3.05) is 19.7 Å². The maximum Gasteiger partial charge on any atom is 0.141 e. The molecule has 4 heteroatoms. The van der Waals surface area contributed by atoms with Gasteiger partial charge in [-0.15, -0.1) is 0 Å². The van der Waals surface area contributed by atoms with Crippen molar-refractivity contribution in [3.05, 3.63) is 34.6 Å². The van der Waals surface area contributed by atoms with Gasteiger partial charge in [-0.1, -0.05) is 17.7 Å². The Bertz CT molecular complexity index is 380. The molecule has 1 unspecified atom stereocenters. The van der Waals surface area contributed by atoms with Gasteiger partial charge in [0.05, 0.1) is 11.6 Å². The van der Waals surface area contributed by atoms with Crippen molar-refractivity contribution >= 4 is 11.6 Å². The zero-order valence-corrected chi connectivity index (χ0v) is 10.4. The van der Waals surface area contributed by atoms with Crippen LogP contribution in [0.2, 0.25) is 5.02 Å². The summed E-state index contributed by atoms with van der Waals surface area (Å²) in [6.07, 6.45) is 2.08. The van der Waals surface area contributed by atoms with Gasteiger partial charge in [0.15, 0.2) is 0 Å². The Hall–Kier alpha value is -0.640. The summed E-state index contributed by atoms with van der Waals surface area (Å²) in [6.45, 7) is 2.05. The lowest BCUT2D eigenvalue weighted by atomic mass is 9.81. The number of aliphatic hydroxyl groups is 1. The highest BCUT2D eigenvalue weighted by atomic mass is 35.5. The quantitative estimate of drug-likeness (QED) is 0.872. The highest BCUT2D eigenvalue weighted by molar-refractivity contribution is 6.30. The molecule has 1 atom stereocenters. The summed E-state index contributed by atoms with van der Waals surface area (Å²) in [7, 11) is 0. The van der Waals surface area contributed by atoms with Crippen LogP contribution in [0.5, 0.6) is 0 Å². The fraction of sp³-hybridized carbons (Fsp3) is 0.538. The molecule has 94 valence electrons. The minimum Gasteiger partial charge on any atom is -0.396 e. The van der Waals surface area contributed by atoms with Gasteiger partial charge < -0.3 is 10.4 Å². The van der Waals surface area contributed by atoms with E-state index in [1.165, 1.54) is 6.07 Å². The van der Waals surface area contributed by atoms with Gasteiger partial charge in [-0.3, -0.25) is 0 Å². The number of rotatable bonds is 3. The topological polar surface area (TPSA) is 32.3 Å². The Morgan fingerprint density at radius 1 is 1.41 bits per heavy atom. The van der Waals surface area contributed by atoms with Crippen LogP contribution in [-0.4, -0.2) is 24.8 Å². The highest BCUT2D eigenvalue weighted by Gasteiger charge is 2.24. The molecule has 2 nitrogen and oxygen atoms in total. The molecule has 0 spiro atoms. The van der Waals surface area contributed by atoms with E-state index in [0.29, 0.717) is 5.92 Å². The van der Waals surface area contributed by atoms with Crippen molar-refractivity contribution in [1.29, 1.82) is 0 Å². The number of piperidine rings is 1. The molecule has 0 amide bonds. The summed E-state index contributed by atoms with van der Waals surface area (Å²) in [5, 5.41) is 13.0. The van der Waals surface area contributed by atoms with Crippen LogP contribution < -0.4 is 5.32 Å². The third-order valence-corrected chi connectivity index (χ3v) is 3.81. The van der Waals surface area contributed by atoms with Crippen LogP contribution in [0.4, 0.5) is 4.39 Å². The second-order valence-electron chi connectivity index (χ2n) is 4.55. The molecule has 1 fully saturated rings. The molecule has 0 aromatic heterocycles. The summed E-state index contributed by atoms with van der Waals surface area (Å²) in [5.41, 5.74) is 0.936. The van der Waals surface area contributed by atoms with Gasteiger partial charge in [0, 0.05) is 5.92 Å². The molecular formula is C13H17ClFNO. The van der Waals surface area contributed by atoms with Crippen molar-refractivity contribution in [2.24, 2.45) is 5.92 Å². The first-order valence-electron chi connectivity index (χ1n) is 5.99. The van der Waals surface area contributed by atoms with Crippen LogP contribution in [0, 0.1) is 11.7 Å². The molecular weight excluding hydrogens is 241 g/mol. The number of nitrogens with one attached hydrogen (secondary N) is 1. The number of benzene rings is 1. The molecule has 1 aromatic rings. The van der Waals surface area contributed by atoms with E-state index in [9.17, 15) is 9.50 Å². The second kappa shape index (κ2) is 5.80. The van der Waals surface area contributed by atoms with Gasteiger partial charge >= 0.3 is 0 Å². The molecule has 0 aliphatic carbocycles. The van der Waals surface area contributed by atoms with E-state index >= 15 is 0 Å². The van der Waals surface area contributed by atoms with Crippen molar-refractivity contribution in [2.45, 2.75) is 18.8 Å². The van der Waals surface area contributed by atoms with Crippen molar-refractivity contribution in [1.82, 2.24) is 5.32 Å². The van der Waals surface area contributed by atoms with Crippen LogP contribution in [0.15, 0.2) is 18.2 Å². The maximum atomic E-state index is 13.1. The van der Waals surface area contributed by atoms with Crippen molar-refractivity contribution in [3.63, 3.8) is 0 Å². The lowest BCUT2D eigenvalue weighted by Crippen LogP contribution is -2.32. The Balaban J connectivity index is 2.18. The van der Waals surface area contributed by atoms with E-state index in [1.54, 1.807) is 12.1 Å². The van der Waals surface area contributed by atoms with Crippen molar-refractivity contribution in [3.8, 4) is 0 Å². The van der Waals surface area contributed by atoms with Crippen LogP contribution in [0.3, 0.4) is 0 Å². The maximum absolute atomic E-state index is 13.1. The first kappa shape index (κ1) is 12.8. The van der Waals surface area contributed by atoms with Gasteiger partial charge in [-0.2, -0.15) is 0 Å². The monoisotopic (exact) mass is 257 g/mol. The summed E-state index contributed by atoms with van der Waals surface area (Å²) in [4.78, 5) is 0. The fourth-order valence-corrected chi connectivity index (χ4v) is 2.71. The Kier molecular flexibility index (Phi) is 4.37. The van der Waals surface area contributed by atoms with E-state index in [0.717, 1.165) is 31.5 Å². The minimum atomic E-state index is -0.405. The predicted octanol–water partition coefficient (Wildman–Crippen LogP) is 2.55. The van der Waals surface area contributed by atoms with E-state index in [-0.39, 0.29) is 17.5 Å². The average molecular weight is 258 g/mol. The lowest BCUT2D eigenvalue weighted by molar-refractivity contribution is 0.201. The van der Waals surface area contributed by atoms with Gasteiger partial charge in [-0.05, 0) is 49.5 Å². The number of hydrogen-bond acceptors (Lipinski definition) is 2. The van der Waals surface area contributed by atoms with Gasteiger partial charge in [0.1, 0.15) is 5.82 Å². The SMILES string of the molecule is OCC(c1ccc(F)c(Cl)c1)C1CCNCC1. The Morgan fingerprint density at radius 3 is 2.71 bits per heavy atom. The first-order chi connectivity index (χ1) is 8.22. The van der Waals surface area contributed by atoms with E-state index in [1.807, 2.05) is 0 Å². The summed E-state index contributed by atoms with van der Waals surface area (Å²) < 4.78 is 13.1. The largest absolute Gasteiger partial charge is 0.396 e. The third-order valence-electron chi connectivity index (χ3n) is 3.52. The van der Waals surface area contributed by atoms with Gasteiger partial charge in [0.2, 0.25) is 0 Å². The molecule has 2 rings (SSSR count). The van der Waals surface area contributed by atoms with Crippen LogP contribution in [-0.2, 0) is 0 Å². The molecule has 17 heavy (non-hydrogen) atoms. The van der Waals surface area contributed by atoms with E-state index in [4.69, 9.17) is 11.6 Å². The molecule has 0 saturated carbocycles. The van der Waals surface area contributed by atoms with Crippen LogP contribution in [0.25, 0.3) is 0 Å². The van der Waals surface area contributed by atoms with E-state index < -0.39 is 5.82 Å². The first-order valence-corrected chi connectivity index (χ1v) is 6.36. The molecule has 1 aliphatic rings. The average Bonchev–Trinajstić information content (AvgIpc) is 2.36. The molecule has 0 radical (unpaired) electrons. The van der Waals surface area contributed by atoms with Crippen molar-refractivity contribution < 1.29 is 9.50 Å². The molecule has 2 N–H and O–H groups in total. The Labute approximate surface area is 106 Å². The molecule has 1 heterocycles. The normalized spacial score (nSPS) is 19.2.